The molecule has 2 aromatic carbocycles. The fourth-order valence-electron chi connectivity index (χ4n) is 4.69. The Balaban J connectivity index is 1.44. The second-order valence-corrected chi connectivity index (χ2v) is 8.65. The predicted octanol–water partition coefficient (Wildman–Crippen LogP) is 3.82. The molecule has 0 radical (unpaired) electrons. The van der Waals surface area contributed by atoms with E-state index in [4.69, 9.17) is 10.5 Å². The number of halogens is 1. The molecule has 1 amide bonds. The lowest BCUT2D eigenvalue weighted by Gasteiger charge is -2.26. The topological polar surface area (TPSA) is 86.3 Å². The molecule has 0 unspecified atom stereocenters. The van der Waals surface area contributed by atoms with Crippen LogP contribution in [0.25, 0.3) is 22.4 Å². The number of rotatable bonds is 7. The molecule has 4 aromatic rings. The third-order valence-electron chi connectivity index (χ3n) is 6.48. The first-order valence-electron chi connectivity index (χ1n) is 11.4. The van der Waals surface area contributed by atoms with E-state index in [-0.39, 0.29) is 17.8 Å². The molecule has 1 aliphatic heterocycles. The van der Waals surface area contributed by atoms with Crippen molar-refractivity contribution in [2.75, 3.05) is 13.7 Å². The van der Waals surface area contributed by atoms with Gasteiger partial charge in [0.2, 0.25) is 5.88 Å². The Labute approximate surface area is 203 Å². The number of nitrogens with two attached hydrogens (primary N) is 1. The maximum absolute atomic E-state index is 13.7. The predicted molar refractivity (Wildman–Crippen MR) is 131 cm³/mol. The molecule has 35 heavy (non-hydrogen) atoms. The van der Waals surface area contributed by atoms with E-state index in [1.54, 1.807) is 24.3 Å². The number of ether oxygens (including phenoxy) is 1. The van der Waals surface area contributed by atoms with Crippen molar-refractivity contribution in [1.82, 2.24) is 19.7 Å². The first-order valence-corrected chi connectivity index (χ1v) is 11.4. The number of aromatic nitrogens is 3. The van der Waals surface area contributed by atoms with Gasteiger partial charge in [0.05, 0.1) is 19.0 Å². The van der Waals surface area contributed by atoms with Gasteiger partial charge in [0.25, 0.3) is 5.91 Å². The van der Waals surface area contributed by atoms with Crippen molar-refractivity contribution in [2.24, 2.45) is 12.8 Å². The quantitative estimate of drug-likeness (QED) is 0.443. The highest BCUT2D eigenvalue weighted by atomic mass is 19.1. The Morgan fingerprint density at radius 1 is 1.09 bits per heavy atom. The van der Waals surface area contributed by atoms with Crippen molar-refractivity contribution >= 4 is 5.91 Å². The number of pyridine rings is 1. The lowest BCUT2D eigenvalue weighted by Crippen LogP contribution is -2.42. The van der Waals surface area contributed by atoms with E-state index < -0.39 is 0 Å². The smallest absolute Gasteiger partial charge is 0.254 e. The van der Waals surface area contributed by atoms with Crippen molar-refractivity contribution in [1.29, 1.82) is 0 Å². The molecule has 0 saturated heterocycles. The first-order chi connectivity index (χ1) is 17.0. The summed E-state index contributed by atoms with van der Waals surface area (Å²) in [5, 5.41) is 4.46. The number of nitrogens with zero attached hydrogens (tertiary/aromatic N) is 4. The van der Waals surface area contributed by atoms with Crippen molar-refractivity contribution in [3.8, 4) is 28.3 Å². The molecule has 5 rings (SSSR count). The summed E-state index contributed by atoms with van der Waals surface area (Å²) in [5.74, 6) is 0.198. The zero-order valence-electron chi connectivity index (χ0n) is 19.6. The van der Waals surface area contributed by atoms with Gasteiger partial charge in [0.1, 0.15) is 5.82 Å². The van der Waals surface area contributed by atoms with Crippen LogP contribution in [0, 0.1) is 5.82 Å². The van der Waals surface area contributed by atoms with Crippen molar-refractivity contribution in [3.05, 3.63) is 89.5 Å². The van der Waals surface area contributed by atoms with E-state index in [9.17, 15) is 9.18 Å². The molecule has 0 saturated carbocycles. The van der Waals surface area contributed by atoms with Crippen LogP contribution in [-0.2, 0) is 20.0 Å². The number of benzene rings is 2. The van der Waals surface area contributed by atoms with Gasteiger partial charge >= 0.3 is 0 Å². The minimum atomic E-state index is -0.294. The van der Waals surface area contributed by atoms with E-state index in [0.29, 0.717) is 31.0 Å². The van der Waals surface area contributed by atoms with Gasteiger partial charge in [-0.3, -0.25) is 9.48 Å². The average Bonchev–Trinajstić information content (AvgIpc) is 3.42. The van der Waals surface area contributed by atoms with Gasteiger partial charge in [-0.05, 0) is 47.9 Å². The van der Waals surface area contributed by atoms with Crippen LogP contribution in [0.3, 0.4) is 0 Å². The number of fused-ring (bicyclic) bond motifs is 1. The molecule has 7 nitrogen and oxygen atoms in total. The van der Waals surface area contributed by atoms with Gasteiger partial charge in [-0.25, -0.2) is 9.37 Å². The van der Waals surface area contributed by atoms with Crippen molar-refractivity contribution < 1.29 is 13.9 Å². The van der Waals surface area contributed by atoms with E-state index in [0.717, 1.165) is 33.5 Å². The number of hydrogen-bond acceptors (Lipinski definition) is 5. The Morgan fingerprint density at radius 3 is 2.63 bits per heavy atom. The summed E-state index contributed by atoms with van der Waals surface area (Å²) in [6.45, 7) is 0.746. The summed E-state index contributed by atoms with van der Waals surface area (Å²) >= 11 is 0. The molecule has 0 bridgehead atoms. The summed E-state index contributed by atoms with van der Waals surface area (Å²) in [7, 11) is 3.48. The third kappa shape index (κ3) is 4.28. The molecule has 2 aromatic heterocycles. The van der Waals surface area contributed by atoms with Gasteiger partial charge in [0, 0.05) is 60.7 Å². The van der Waals surface area contributed by atoms with Gasteiger partial charge < -0.3 is 15.4 Å². The SMILES string of the molecule is COc1ccc(-c2cnn(C)c2-c2ccc3c(c2)CN([C@H](CN)Cc2cccc(F)c2)C3=O)cn1. The van der Waals surface area contributed by atoms with Gasteiger partial charge in [-0.2, -0.15) is 5.10 Å². The molecule has 0 fully saturated rings. The van der Waals surface area contributed by atoms with Crippen molar-refractivity contribution in [2.45, 2.75) is 19.0 Å². The molecule has 2 N–H and O–H groups in total. The van der Waals surface area contributed by atoms with E-state index >= 15 is 0 Å². The molecule has 0 spiro atoms. The highest BCUT2D eigenvalue weighted by Crippen LogP contribution is 2.35. The van der Waals surface area contributed by atoms with E-state index in [2.05, 4.69) is 10.1 Å². The number of methoxy groups -OCH3 is 1. The van der Waals surface area contributed by atoms with Crippen LogP contribution in [0.5, 0.6) is 5.88 Å². The minimum Gasteiger partial charge on any atom is -0.481 e. The van der Waals surface area contributed by atoms with Crippen LogP contribution >= 0.6 is 0 Å². The fraction of sp³-hybridized carbons (Fsp3) is 0.222. The van der Waals surface area contributed by atoms with Crippen LogP contribution in [-0.4, -0.2) is 45.3 Å². The lowest BCUT2D eigenvalue weighted by atomic mass is 9.99. The number of hydrogen-bond donors (Lipinski definition) is 1. The largest absolute Gasteiger partial charge is 0.481 e. The number of amides is 1. The van der Waals surface area contributed by atoms with Gasteiger partial charge in [-0.15, -0.1) is 0 Å². The standard InChI is InChI=1S/C27H26FN5O2/c1-32-26(24(15-31-32)19-7-9-25(35-2)30-14-19)18-6-8-23-20(12-18)16-33(27(23)34)22(13-29)11-17-4-3-5-21(28)10-17/h3-10,12,14-15,22H,11,13,16,29H2,1-2H3/t22-/m0/s1. The molecule has 3 heterocycles. The zero-order chi connectivity index (χ0) is 24.5. The highest BCUT2D eigenvalue weighted by molar-refractivity contribution is 5.99. The Bertz CT molecular complexity index is 1380. The maximum Gasteiger partial charge on any atom is 0.254 e. The molecule has 1 aliphatic rings. The van der Waals surface area contributed by atoms with E-state index in [1.807, 2.05) is 54.3 Å². The lowest BCUT2D eigenvalue weighted by molar-refractivity contribution is 0.0708. The van der Waals surface area contributed by atoms with Gasteiger partial charge in [-0.1, -0.05) is 18.2 Å². The van der Waals surface area contributed by atoms with Crippen LogP contribution in [0.15, 0.2) is 67.0 Å². The molecular weight excluding hydrogens is 445 g/mol. The minimum absolute atomic E-state index is 0.0528. The number of aryl methyl sites for hydroxylation is 1. The molecule has 8 heteroatoms. The summed E-state index contributed by atoms with van der Waals surface area (Å²) < 4.78 is 20.7. The summed E-state index contributed by atoms with van der Waals surface area (Å²) in [6, 6.07) is 15.8. The van der Waals surface area contributed by atoms with Crippen LogP contribution in [0.2, 0.25) is 0 Å². The zero-order valence-corrected chi connectivity index (χ0v) is 19.6. The monoisotopic (exact) mass is 471 g/mol. The Morgan fingerprint density at radius 2 is 1.91 bits per heavy atom. The first kappa shape index (κ1) is 22.7. The molecule has 1 atom stereocenters. The highest BCUT2D eigenvalue weighted by Gasteiger charge is 2.32. The molecule has 0 aliphatic carbocycles. The second-order valence-electron chi connectivity index (χ2n) is 8.65. The number of carbonyl (C=O) groups is 1. The molecular formula is C27H26FN5O2. The van der Waals surface area contributed by atoms with Gasteiger partial charge in [0.15, 0.2) is 0 Å². The molecule has 178 valence electrons. The fourth-order valence-corrected chi connectivity index (χ4v) is 4.69. The van der Waals surface area contributed by atoms with Crippen LogP contribution in [0.1, 0.15) is 21.5 Å². The maximum atomic E-state index is 13.7. The van der Waals surface area contributed by atoms with E-state index in [1.165, 1.54) is 12.1 Å². The van der Waals surface area contributed by atoms with Crippen LogP contribution in [0.4, 0.5) is 4.39 Å². The average molecular weight is 472 g/mol. The summed E-state index contributed by atoms with van der Waals surface area (Å²) in [6.07, 6.45) is 4.07. The normalized spacial score (nSPS) is 13.7. The second kappa shape index (κ2) is 9.31. The van der Waals surface area contributed by atoms with Crippen molar-refractivity contribution in [3.63, 3.8) is 0 Å². The van der Waals surface area contributed by atoms with Crippen LogP contribution < -0.4 is 10.5 Å². The number of carbonyl (C=O) groups excluding carboxylic acids is 1. The Kier molecular flexibility index (Phi) is 6.05. The Hall–Kier alpha value is -4.04. The summed E-state index contributed by atoms with van der Waals surface area (Å²) in [5.41, 5.74) is 12.2. The third-order valence-corrected chi connectivity index (χ3v) is 6.48. The summed E-state index contributed by atoms with van der Waals surface area (Å²) in [4.78, 5) is 19.3.